The minimum absolute atomic E-state index is 0. The smallest absolute Gasteiger partial charge is 0.510 e. The van der Waals surface area contributed by atoms with Gasteiger partial charge in [0.25, 0.3) is 0 Å². The number of hydrogen-bond acceptors (Lipinski definition) is 3. The third-order valence-electron chi connectivity index (χ3n) is 3.21. The van der Waals surface area contributed by atoms with E-state index in [1.54, 1.807) is 0 Å². The van der Waals surface area contributed by atoms with Crippen molar-refractivity contribution in [1.29, 1.82) is 0 Å². The number of ether oxygens (including phenoxy) is 1. The van der Waals surface area contributed by atoms with Gasteiger partial charge in [0.1, 0.15) is 0 Å². The predicted octanol–water partition coefficient (Wildman–Crippen LogP) is 0.300. The van der Waals surface area contributed by atoms with E-state index in [-0.39, 0.29) is 40.0 Å². The molecular formula is C11H19NaOS2. The molecular weight excluding hydrogens is 235 g/mol. The Kier molecular flexibility index (Phi) is 7.99. The number of hydrogen-bond donors (Lipinski definition) is 0. The van der Waals surface area contributed by atoms with Gasteiger partial charge in [-0.05, 0) is 30.6 Å². The summed E-state index contributed by atoms with van der Waals surface area (Å²) < 4.78 is 5.87. The zero-order valence-corrected chi connectivity index (χ0v) is 13.8. The quantitative estimate of drug-likeness (QED) is 0.398. The number of rotatable bonds is 2. The maximum Gasteiger partial charge on any atom is 1.00 e. The summed E-state index contributed by atoms with van der Waals surface area (Å²) in [5, 5.41) is 0. The molecule has 0 aliphatic heterocycles. The second kappa shape index (κ2) is 7.44. The van der Waals surface area contributed by atoms with Gasteiger partial charge in [0.2, 0.25) is 0 Å². The zero-order valence-electron chi connectivity index (χ0n) is 10.2. The molecule has 1 aliphatic rings. The summed E-state index contributed by atoms with van der Waals surface area (Å²) in [4.78, 5) is 0. The second-order valence-corrected chi connectivity index (χ2v) is 5.73. The van der Waals surface area contributed by atoms with E-state index in [0.717, 1.165) is 12.3 Å². The molecule has 1 fully saturated rings. The molecule has 0 heterocycles. The monoisotopic (exact) mass is 254 g/mol. The third kappa shape index (κ3) is 5.31. The van der Waals surface area contributed by atoms with E-state index in [1.165, 1.54) is 12.8 Å². The first-order chi connectivity index (χ1) is 6.50. The van der Waals surface area contributed by atoms with Gasteiger partial charge in [0.05, 0.1) is 6.10 Å². The first-order valence-electron chi connectivity index (χ1n) is 5.38. The molecule has 0 spiro atoms. The molecule has 1 aliphatic carbocycles. The molecule has 0 saturated heterocycles. The fraction of sp³-hybridized carbons (Fsp3) is 0.909. The molecule has 0 N–H and O–H groups in total. The normalized spacial score (nSPS) is 30.8. The maximum absolute atomic E-state index is 5.58. The Morgan fingerprint density at radius 2 is 2.00 bits per heavy atom. The minimum atomic E-state index is 0. The van der Waals surface area contributed by atoms with Crippen LogP contribution in [0.25, 0.3) is 0 Å². The summed E-state index contributed by atoms with van der Waals surface area (Å²) in [6, 6.07) is 0. The average Bonchev–Trinajstić information content (AvgIpc) is 2.01. The summed E-state index contributed by atoms with van der Waals surface area (Å²) in [5.74, 6) is 2.04. The van der Waals surface area contributed by atoms with Gasteiger partial charge in [-0.2, -0.15) is 0 Å². The van der Waals surface area contributed by atoms with Gasteiger partial charge in [-0.3, -0.25) is 0 Å². The molecule has 4 heteroatoms. The van der Waals surface area contributed by atoms with Gasteiger partial charge in [0.15, 0.2) is 0 Å². The van der Waals surface area contributed by atoms with Crippen LogP contribution in [0.15, 0.2) is 0 Å². The zero-order chi connectivity index (χ0) is 10.7. The van der Waals surface area contributed by atoms with Crippen LogP contribution >= 0.6 is 12.2 Å². The Labute approximate surface area is 126 Å². The molecule has 1 rings (SSSR count). The van der Waals surface area contributed by atoms with Crippen LogP contribution in [-0.2, 0) is 17.4 Å². The number of thiocarbonyl (C=S) groups is 1. The van der Waals surface area contributed by atoms with E-state index in [2.05, 4.69) is 20.8 Å². The molecule has 0 aromatic carbocycles. The van der Waals surface area contributed by atoms with Gasteiger partial charge >= 0.3 is 29.6 Å². The van der Waals surface area contributed by atoms with Gasteiger partial charge in [-0.25, -0.2) is 0 Å². The van der Waals surface area contributed by atoms with Crippen LogP contribution in [0.3, 0.4) is 0 Å². The van der Waals surface area contributed by atoms with Gasteiger partial charge in [-0.1, -0.05) is 27.2 Å². The van der Waals surface area contributed by atoms with Crippen molar-refractivity contribution in [3.05, 3.63) is 0 Å². The van der Waals surface area contributed by atoms with Crippen molar-refractivity contribution in [2.75, 3.05) is 0 Å². The molecule has 0 bridgehead atoms. The van der Waals surface area contributed by atoms with E-state index in [9.17, 15) is 0 Å². The standard InChI is InChI=1S/C11H20OS2.Na/c1-7(2)9-5-4-8(3)6-10(9)12-11(13)14;/h7-10H,4-6H2,1-3H3,(H,13,14);/q;+1/p-1/t8-,9+,10-;/m1./s1. The molecule has 0 aromatic rings. The largest absolute Gasteiger partial charge is 1.00 e. The van der Waals surface area contributed by atoms with Crippen molar-refractivity contribution in [3.63, 3.8) is 0 Å². The molecule has 1 saturated carbocycles. The van der Waals surface area contributed by atoms with Crippen molar-refractivity contribution in [1.82, 2.24) is 0 Å². The fourth-order valence-corrected chi connectivity index (χ4v) is 2.62. The van der Waals surface area contributed by atoms with Crippen LogP contribution in [0.2, 0.25) is 0 Å². The van der Waals surface area contributed by atoms with Crippen LogP contribution in [0.5, 0.6) is 0 Å². The van der Waals surface area contributed by atoms with Gasteiger partial charge in [-0.15, -0.1) is 0 Å². The van der Waals surface area contributed by atoms with E-state index >= 15 is 0 Å². The van der Waals surface area contributed by atoms with Gasteiger partial charge < -0.3 is 29.6 Å². The van der Waals surface area contributed by atoms with E-state index < -0.39 is 0 Å². The third-order valence-corrected chi connectivity index (χ3v) is 3.40. The van der Waals surface area contributed by atoms with Crippen LogP contribution in [0, 0.1) is 17.8 Å². The summed E-state index contributed by atoms with van der Waals surface area (Å²) in [7, 11) is 0. The van der Waals surface area contributed by atoms with Crippen molar-refractivity contribution in [2.45, 2.75) is 46.1 Å². The molecule has 1 nitrogen and oxygen atoms in total. The summed E-state index contributed by atoms with van der Waals surface area (Å²) in [5.41, 5.74) is 0. The van der Waals surface area contributed by atoms with Crippen molar-refractivity contribution < 1.29 is 34.3 Å². The van der Waals surface area contributed by atoms with Crippen LogP contribution < -0.4 is 29.6 Å². The van der Waals surface area contributed by atoms with Crippen LogP contribution in [0.4, 0.5) is 0 Å². The van der Waals surface area contributed by atoms with E-state index in [1.807, 2.05) is 0 Å². The second-order valence-electron chi connectivity index (χ2n) is 4.73. The Hall–Kier alpha value is 1.11. The summed E-state index contributed by atoms with van der Waals surface area (Å²) in [6.45, 7) is 6.78. The topological polar surface area (TPSA) is 9.23 Å². The predicted molar refractivity (Wildman–Crippen MR) is 66.2 cm³/mol. The molecule has 0 aromatic heterocycles. The van der Waals surface area contributed by atoms with Crippen LogP contribution in [-0.4, -0.2) is 10.5 Å². The molecule has 82 valence electrons. The molecule has 0 amide bonds. The summed E-state index contributed by atoms with van der Waals surface area (Å²) >= 11 is 9.69. The fourth-order valence-electron chi connectivity index (χ4n) is 2.37. The average molecular weight is 254 g/mol. The molecule has 0 unspecified atom stereocenters. The Balaban J connectivity index is 0.00000196. The van der Waals surface area contributed by atoms with Crippen molar-refractivity contribution in [3.8, 4) is 0 Å². The molecule has 0 radical (unpaired) electrons. The first kappa shape index (κ1) is 16.1. The molecule has 3 atom stereocenters. The first-order valence-corrected chi connectivity index (χ1v) is 6.20. The summed E-state index contributed by atoms with van der Waals surface area (Å²) in [6.07, 6.45) is 3.94. The van der Waals surface area contributed by atoms with E-state index in [0.29, 0.717) is 11.8 Å². The Morgan fingerprint density at radius 1 is 1.40 bits per heavy atom. The van der Waals surface area contributed by atoms with Crippen molar-refractivity contribution >= 4 is 29.2 Å². The Morgan fingerprint density at radius 3 is 2.47 bits per heavy atom. The Bertz CT molecular complexity index is 209. The van der Waals surface area contributed by atoms with Gasteiger partial charge in [0, 0.05) is 4.38 Å². The maximum atomic E-state index is 5.58. The minimum Gasteiger partial charge on any atom is -0.510 e. The SMILES string of the molecule is CC(C)[C@@H]1CC[C@@H](C)C[C@H]1OC(=S)[S-].[Na+]. The van der Waals surface area contributed by atoms with Crippen LogP contribution in [0.1, 0.15) is 40.0 Å². The molecule has 15 heavy (non-hydrogen) atoms. The van der Waals surface area contributed by atoms with Crippen molar-refractivity contribution in [2.24, 2.45) is 17.8 Å². The van der Waals surface area contributed by atoms with E-state index in [4.69, 9.17) is 29.6 Å².